The van der Waals surface area contributed by atoms with Gasteiger partial charge in [0, 0.05) is 49.8 Å². The molecule has 0 atom stereocenters. The topological polar surface area (TPSA) is 23.6 Å². The summed E-state index contributed by atoms with van der Waals surface area (Å²) in [5.74, 6) is 2.18. The number of hydrogen-bond donors (Lipinski definition) is 0. The fourth-order valence-corrected chi connectivity index (χ4v) is 4.13. The number of hydrogen-bond acceptors (Lipinski definition) is 3. The average Bonchev–Trinajstić information content (AvgIpc) is 2.67. The second-order valence-corrected chi connectivity index (χ2v) is 7.54. The van der Waals surface area contributed by atoms with Crippen molar-refractivity contribution in [1.82, 2.24) is 4.90 Å². The molecule has 2 aromatic rings. The highest BCUT2D eigenvalue weighted by molar-refractivity contribution is 7.98. The molecule has 0 unspecified atom stereocenters. The molecule has 3 rings (SSSR count). The number of piperazine rings is 1. The molecule has 0 N–H and O–H groups in total. The molecule has 2 aromatic carbocycles. The minimum Gasteiger partial charge on any atom is -0.368 e. The second kappa shape index (κ2) is 8.95. The maximum absolute atomic E-state index is 12.4. The number of thioether (sulfide) groups is 1. The van der Waals surface area contributed by atoms with Gasteiger partial charge in [0.25, 0.3) is 0 Å². The van der Waals surface area contributed by atoms with Crippen LogP contribution in [0, 0.1) is 6.92 Å². The quantitative estimate of drug-likeness (QED) is 0.734. The fraction of sp³-hybridized carbons (Fsp3) is 0.381. The molecule has 0 saturated carbocycles. The first kappa shape index (κ1) is 17.9. The van der Waals surface area contributed by atoms with E-state index in [-0.39, 0.29) is 0 Å². The average molecular weight is 355 g/mol. The Morgan fingerprint density at radius 2 is 1.64 bits per heavy atom. The van der Waals surface area contributed by atoms with Crippen LogP contribution in [0.1, 0.15) is 17.5 Å². The number of rotatable bonds is 6. The van der Waals surface area contributed by atoms with E-state index in [9.17, 15) is 4.79 Å². The molecule has 1 heterocycles. The Hall–Kier alpha value is -1.94. The standard InChI is InChI=1S/C21H26N2OS/c1-18-7-5-6-8-19(18)17-25-16-11-21(24)23-14-12-22(13-15-23)20-9-3-2-4-10-20/h2-10H,11-17H2,1H3. The van der Waals surface area contributed by atoms with Crippen LogP contribution in [-0.4, -0.2) is 42.7 Å². The lowest BCUT2D eigenvalue weighted by Crippen LogP contribution is -2.48. The second-order valence-electron chi connectivity index (χ2n) is 6.43. The third kappa shape index (κ3) is 5.02. The highest BCUT2D eigenvalue weighted by atomic mass is 32.2. The van der Waals surface area contributed by atoms with E-state index in [0.29, 0.717) is 12.3 Å². The van der Waals surface area contributed by atoms with Crippen molar-refractivity contribution in [2.75, 3.05) is 36.8 Å². The van der Waals surface area contributed by atoms with Crippen molar-refractivity contribution in [3.8, 4) is 0 Å². The molecule has 3 nitrogen and oxygen atoms in total. The van der Waals surface area contributed by atoms with Gasteiger partial charge in [0.1, 0.15) is 0 Å². The molecule has 1 aliphatic rings. The predicted molar refractivity (Wildman–Crippen MR) is 107 cm³/mol. The molecule has 1 aliphatic heterocycles. The van der Waals surface area contributed by atoms with E-state index in [1.165, 1.54) is 16.8 Å². The van der Waals surface area contributed by atoms with E-state index < -0.39 is 0 Å². The van der Waals surface area contributed by atoms with Crippen LogP contribution in [-0.2, 0) is 10.5 Å². The fourth-order valence-electron chi connectivity index (χ4n) is 3.12. The van der Waals surface area contributed by atoms with E-state index >= 15 is 0 Å². The predicted octanol–water partition coefficient (Wildman–Crippen LogP) is 3.97. The zero-order valence-corrected chi connectivity index (χ0v) is 15.7. The Balaban J connectivity index is 1.37. The normalized spacial score (nSPS) is 14.6. The number of benzene rings is 2. The van der Waals surface area contributed by atoms with Crippen LogP contribution in [0.25, 0.3) is 0 Å². The molecule has 4 heteroatoms. The highest BCUT2D eigenvalue weighted by Crippen LogP contribution is 2.18. The molecule has 0 aromatic heterocycles. The highest BCUT2D eigenvalue weighted by Gasteiger charge is 2.20. The van der Waals surface area contributed by atoms with Gasteiger partial charge in [-0.05, 0) is 30.2 Å². The Morgan fingerprint density at radius 1 is 0.960 bits per heavy atom. The molecule has 0 spiro atoms. The maximum Gasteiger partial charge on any atom is 0.223 e. The van der Waals surface area contributed by atoms with Crippen molar-refractivity contribution in [3.63, 3.8) is 0 Å². The lowest BCUT2D eigenvalue weighted by molar-refractivity contribution is -0.131. The summed E-state index contributed by atoms with van der Waals surface area (Å²) < 4.78 is 0. The van der Waals surface area contributed by atoms with Crippen LogP contribution < -0.4 is 4.90 Å². The first-order valence-corrected chi connectivity index (χ1v) is 10.1. The van der Waals surface area contributed by atoms with Crippen molar-refractivity contribution in [2.24, 2.45) is 0 Å². The summed E-state index contributed by atoms with van der Waals surface area (Å²) in [6, 6.07) is 18.9. The molecule has 132 valence electrons. The van der Waals surface area contributed by atoms with Crippen molar-refractivity contribution in [3.05, 3.63) is 65.7 Å². The largest absolute Gasteiger partial charge is 0.368 e. The number of carbonyl (C=O) groups excluding carboxylic acids is 1. The molecule has 25 heavy (non-hydrogen) atoms. The van der Waals surface area contributed by atoms with Gasteiger partial charge >= 0.3 is 0 Å². The number of anilines is 1. The van der Waals surface area contributed by atoms with E-state index in [2.05, 4.69) is 60.4 Å². The van der Waals surface area contributed by atoms with Crippen molar-refractivity contribution in [2.45, 2.75) is 19.1 Å². The van der Waals surface area contributed by atoms with Crippen molar-refractivity contribution in [1.29, 1.82) is 0 Å². The first-order valence-electron chi connectivity index (χ1n) is 8.94. The van der Waals surface area contributed by atoms with Crippen LogP contribution in [0.4, 0.5) is 5.69 Å². The van der Waals surface area contributed by atoms with Crippen LogP contribution in [0.15, 0.2) is 54.6 Å². The van der Waals surface area contributed by atoms with Crippen LogP contribution in [0.2, 0.25) is 0 Å². The Labute approximate surface area is 155 Å². The third-order valence-electron chi connectivity index (χ3n) is 4.73. The van der Waals surface area contributed by atoms with E-state index in [0.717, 1.165) is 37.7 Å². The summed E-state index contributed by atoms with van der Waals surface area (Å²) in [5.41, 5.74) is 3.96. The Kier molecular flexibility index (Phi) is 6.40. The zero-order chi connectivity index (χ0) is 17.5. The minimum absolute atomic E-state index is 0.296. The SMILES string of the molecule is Cc1ccccc1CSCCC(=O)N1CCN(c2ccccc2)CC1. The number of amides is 1. The summed E-state index contributed by atoms with van der Waals surface area (Å²) in [6.07, 6.45) is 0.641. The number of aryl methyl sites for hydroxylation is 1. The molecule has 0 aliphatic carbocycles. The molecule has 1 fully saturated rings. The third-order valence-corrected chi connectivity index (χ3v) is 5.74. The van der Waals surface area contributed by atoms with Gasteiger partial charge in [0.2, 0.25) is 5.91 Å². The molecule has 1 amide bonds. The molecular formula is C21H26N2OS. The van der Waals surface area contributed by atoms with Crippen LogP contribution in [0.3, 0.4) is 0 Å². The monoisotopic (exact) mass is 354 g/mol. The number of carbonyl (C=O) groups is 1. The Bertz CT molecular complexity index is 681. The molecular weight excluding hydrogens is 328 g/mol. The number of nitrogens with zero attached hydrogens (tertiary/aromatic N) is 2. The van der Waals surface area contributed by atoms with Gasteiger partial charge < -0.3 is 9.80 Å². The summed E-state index contributed by atoms with van der Waals surface area (Å²) >= 11 is 1.85. The van der Waals surface area contributed by atoms with Gasteiger partial charge in [0.05, 0.1) is 0 Å². The summed E-state index contributed by atoms with van der Waals surface area (Å²) in [6.45, 7) is 5.65. The van der Waals surface area contributed by atoms with Crippen LogP contribution in [0.5, 0.6) is 0 Å². The summed E-state index contributed by atoms with van der Waals surface area (Å²) in [4.78, 5) is 16.8. The van der Waals surface area contributed by atoms with Gasteiger partial charge in [-0.25, -0.2) is 0 Å². The molecule has 1 saturated heterocycles. The zero-order valence-electron chi connectivity index (χ0n) is 14.9. The van der Waals surface area contributed by atoms with E-state index in [4.69, 9.17) is 0 Å². The van der Waals surface area contributed by atoms with Crippen molar-refractivity contribution >= 4 is 23.4 Å². The van der Waals surface area contributed by atoms with Gasteiger partial charge in [-0.15, -0.1) is 0 Å². The summed E-state index contributed by atoms with van der Waals surface area (Å²) in [7, 11) is 0. The maximum atomic E-state index is 12.4. The van der Waals surface area contributed by atoms with Gasteiger partial charge in [-0.3, -0.25) is 4.79 Å². The lowest BCUT2D eigenvalue weighted by Gasteiger charge is -2.36. The van der Waals surface area contributed by atoms with E-state index in [1.807, 2.05) is 22.7 Å². The number of para-hydroxylation sites is 1. The van der Waals surface area contributed by atoms with Crippen molar-refractivity contribution < 1.29 is 4.79 Å². The van der Waals surface area contributed by atoms with Gasteiger partial charge in [-0.2, -0.15) is 11.8 Å². The van der Waals surface area contributed by atoms with Crippen LogP contribution >= 0.6 is 11.8 Å². The van der Waals surface area contributed by atoms with Gasteiger partial charge in [0.15, 0.2) is 0 Å². The molecule has 0 radical (unpaired) electrons. The molecule has 0 bridgehead atoms. The summed E-state index contributed by atoms with van der Waals surface area (Å²) in [5, 5.41) is 0. The van der Waals surface area contributed by atoms with Gasteiger partial charge in [-0.1, -0.05) is 42.5 Å². The lowest BCUT2D eigenvalue weighted by atomic mass is 10.1. The Morgan fingerprint density at radius 3 is 2.36 bits per heavy atom. The van der Waals surface area contributed by atoms with E-state index in [1.54, 1.807) is 0 Å². The first-order chi connectivity index (χ1) is 12.2. The smallest absolute Gasteiger partial charge is 0.223 e. The minimum atomic E-state index is 0.296.